The highest BCUT2D eigenvalue weighted by Crippen LogP contribution is 2.21. The molecular weight excluding hydrogens is 290 g/mol. The molecule has 23 heavy (non-hydrogen) atoms. The first-order valence-corrected chi connectivity index (χ1v) is 8.82. The molecule has 2 fully saturated rings. The predicted octanol–water partition coefficient (Wildman–Crippen LogP) is 2.28. The molecule has 0 spiro atoms. The van der Waals surface area contributed by atoms with E-state index in [1.807, 2.05) is 17.2 Å². The molecule has 1 aliphatic carbocycles. The molecule has 6 nitrogen and oxygen atoms in total. The fourth-order valence-electron chi connectivity index (χ4n) is 3.45. The van der Waals surface area contributed by atoms with Crippen molar-refractivity contribution in [3.63, 3.8) is 0 Å². The van der Waals surface area contributed by atoms with E-state index in [0.717, 1.165) is 37.9 Å². The van der Waals surface area contributed by atoms with E-state index in [2.05, 4.69) is 15.2 Å². The number of amides is 1. The SMILES string of the molecule is CC(=O)N1CCN(c2ccnc(NC3CCCCCC3)n2)CC1. The summed E-state index contributed by atoms with van der Waals surface area (Å²) in [6.07, 6.45) is 9.54. The predicted molar refractivity (Wildman–Crippen MR) is 91.6 cm³/mol. The summed E-state index contributed by atoms with van der Waals surface area (Å²) in [7, 11) is 0. The summed E-state index contributed by atoms with van der Waals surface area (Å²) in [5.41, 5.74) is 0. The van der Waals surface area contributed by atoms with E-state index in [1.54, 1.807) is 6.92 Å². The average molecular weight is 317 g/mol. The van der Waals surface area contributed by atoms with E-state index in [1.165, 1.54) is 38.5 Å². The van der Waals surface area contributed by atoms with Crippen LogP contribution in [-0.4, -0.2) is 53.0 Å². The van der Waals surface area contributed by atoms with Crippen LogP contribution in [0.3, 0.4) is 0 Å². The number of rotatable bonds is 3. The number of carbonyl (C=O) groups is 1. The van der Waals surface area contributed by atoms with Crippen molar-refractivity contribution >= 4 is 17.7 Å². The van der Waals surface area contributed by atoms with Gasteiger partial charge < -0.3 is 15.1 Å². The van der Waals surface area contributed by atoms with Gasteiger partial charge in [0.05, 0.1) is 0 Å². The van der Waals surface area contributed by atoms with Crippen molar-refractivity contribution in [3.8, 4) is 0 Å². The van der Waals surface area contributed by atoms with Crippen molar-refractivity contribution in [2.75, 3.05) is 36.4 Å². The van der Waals surface area contributed by atoms with Gasteiger partial charge in [-0.3, -0.25) is 4.79 Å². The standard InChI is InChI=1S/C17H27N5O/c1-14(23)21-10-12-22(13-11-21)16-8-9-18-17(20-16)19-15-6-4-2-3-5-7-15/h8-9,15H,2-7,10-13H2,1H3,(H,18,19,20). The normalized spacial score (nSPS) is 20.2. The number of aromatic nitrogens is 2. The molecule has 1 N–H and O–H groups in total. The van der Waals surface area contributed by atoms with Gasteiger partial charge in [0.25, 0.3) is 0 Å². The first kappa shape index (κ1) is 16.0. The maximum atomic E-state index is 11.4. The lowest BCUT2D eigenvalue weighted by molar-refractivity contribution is -0.129. The quantitative estimate of drug-likeness (QED) is 0.867. The van der Waals surface area contributed by atoms with Gasteiger partial charge in [-0.2, -0.15) is 4.98 Å². The second kappa shape index (κ2) is 7.62. The van der Waals surface area contributed by atoms with Crippen molar-refractivity contribution in [2.24, 2.45) is 0 Å². The molecule has 3 rings (SSSR count). The Hall–Kier alpha value is -1.85. The number of hydrogen-bond donors (Lipinski definition) is 1. The van der Waals surface area contributed by atoms with Gasteiger partial charge in [-0.1, -0.05) is 25.7 Å². The molecule has 2 aliphatic rings. The molecule has 0 bridgehead atoms. The first-order valence-electron chi connectivity index (χ1n) is 8.82. The lowest BCUT2D eigenvalue weighted by Gasteiger charge is -2.35. The van der Waals surface area contributed by atoms with E-state index in [4.69, 9.17) is 4.98 Å². The molecule has 126 valence electrons. The smallest absolute Gasteiger partial charge is 0.224 e. The summed E-state index contributed by atoms with van der Waals surface area (Å²) in [6.45, 7) is 4.84. The van der Waals surface area contributed by atoms with Crippen LogP contribution in [0, 0.1) is 0 Å². The van der Waals surface area contributed by atoms with E-state index >= 15 is 0 Å². The van der Waals surface area contributed by atoms with Crippen LogP contribution in [-0.2, 0) is 4.79 Å². The monoisotopic (exact) mass is 317 g/mol. The van der Waals surface area contributed by atoms with Gasteiger partial charge in [-0.25, -0.2) is 4.98 Å². The van der Waals surface area contributed by atoms with Crippen LogP contribution in [0.5, 0.6) is 0 Å². The molecular formula is C17H27N5O. The Morgan fingerprint density at radius 1 is 1.13 bits per heavy atom. The zero-order valence-electron chi connectivity index (χ0n) is 14.0. The second-order valence-corrected chi connectivity index (χ2v) is 6.56. The number of hydrogen-bond acceptors (Lipinski definition) is 5. The Labute approximate surface area is 138 Å². The van der Waals surface area contributed by atoms with Crippen molar-refractivity contribution < 1.29 is 4.79 Å². The maximum Gasteiger partial charge on any atom is 0.224 e. The molecule has 1 saturated heterocycles. The fourth-order valence-corrected chi connectivity index (χ4v) is 3.45. The molecule has 6 heteroatoms. The lowest BCUT2D eigenvalue weighted by Crippen LogP contribution is -2.48. The zero-order valence-corrected chi connectivity index (χ0v) is 14.0. The third kappa shape index (κ3) is 4.33. The van der Waals surface area contributed by atoms with E-state index in [0.29, 0.717) is 6.04 Å². The largest absolute Gasteiger partial charge is 0.353 e. The van der Waals surface area contributed by atoms with Gasteiger partial charge in [-0.15, -0.1) is 0 Å². The van der Waals surface area contributed by atoms with Crippen molar-refractivity contribution in [1.82, 2.24) is 14.9 Å². The van der Waals surface area contributed by atoms with Crippen molar-refractivity contribution in [1.29, 1.82) is 0 Å². The minimum absolute atomic E-state index is 0.156. The Morgan fingerprint density at radius 3 is 2.48 bits per heavy atom. The van der Waals surface area contributed by atoms with Crippen LogP contribution in [0.15, 0.2) is 12.3 Å². The maximum absolute atomic E-state index is 11.4. The molecule has 1 saturated carbocycles. The topological polar surface area (TPSA) is 61.4 Å². The number of nitrogens with one attached hydrogen (secondary N) is 1. The minimum atomic E-state index is 0.156. The average Bonchev–Trinajstić information content (AvgIpc) is 2.84. The van der Waals surface area contributed by atoms with Crippen LogP contribution in [0.4, 0.5) is 11.8 Å². The van der Waals surface area contributed by atoms with Crippen LogP contribution in [0.2, 0.25) is 0 Å². The molecule has 0 unspecified atom stereocenters. The van der Waals surface area contributed by atoms with Crippen LogP contribution < -0.4 is 10.2 Å². The Bertz CT molecular complexity index is 519. The number of piperazine rings is 1. The van der Waals surface area contributed by atoms with E-state index in [9.17, 15) is 4.79 Å². The fraction of sp³-hybridized carbons (Fsp3) is 0.706. The Balaban J connectivity index is 1.60. The molecule has 1 amide bonds. The third-order valence-electron chi connectivity index (χ3n) is 4.88. The zero-order chi connectivity index (χ0) is 16.1. The third-order valence-corrected chi connectivity index (χ3v) is 4.88. The van der Waals surface area contributed by atoms with Crippen molar-refractivity contribution in [2.45, 2.75) is 51.5 Å². The van der Waals surface area contributed by atoms with Gasteiger partial charge >= 0.3 is 0 Å². The summed E-state index contributed by atoms with van der Waals surface area (Å²) in [6, 6.07) is 2.46. The molecule has 0 radical (unpaired) electrons. The van der Waals surface area contributed by atoms with Crippen LogP contribution in [0.25, 0.3) is 0 Å². The van der Waals surface area contributed by atoms with Crippen LogP contribution >= 0.6 is 0 Å². The number of nitrogens with zero attached hydrogens (tertiary/aromatic N) is 4. The second-order valence-electron chi connectivity index (χ2n) is 6.56. The summed E-state index contributed by atoms with van der Waals surface area (Å²) in [5.74, 6) is 1.85. The first-order chi connectivity index (χ1) is 11.2. The summed E-state index contributed by atoms with van der Waals surface area (Å²) in [4.78, 5) is 24.6. The molecule has 1 aromatic heterocycles. The van der Waals surface area contributed by atoms with E-state index in [-0.39, 0.29) is 5.91 Å². The Morgan fingerprint density at radius 2 is 1.83 bits per heavy atom. The highest BCUT2D eigenvalue weighted by Gasteiger charge is 2.20. The summed E-state index contributed by atoms with van der Waals surface area (Å²) < 4.78 is 0. The summed E-state index contributed by atoms with van der Waals surface area (Å²) in [5, 5.41) is 3.51. The molecule has 0 atom stereocenters. The van der Waals surface area contributed by atoms with Gasteiger partial charge in [0.1, 0.15) is 5.82 Å². The number of anilines is 2. The molecule has 1 aromatic rings. The summed E-state index contributed by atoms with van der Waals surface area (Å²) >= 11 is 0. The Kier molecular flexibility index (Phi) is 5.31. The van der Waals surface area contributed by atoms with Crippen LogP contribution in [0.1, 0.15) is 45.4 Å². The minimum Gasteiger partial charge on any atom is -0.353 e. The lowest BCUT2D eigenvalue weighted by atomic mass is 10.1. The number of carbonyl (C=O) groups excluding carboxylic acids is 1. The molecule has 1 aliphatic heterocycles. The van der Waals surface area contributed by atoms with E-state index < -0.39 is 0 Å². The molecule has 2 heterocycles. The van der Waals surface area contributed by atoms with Crippen molar-refractivity contribution in [3.05, 3.63) is 12.3 Å². The van der Waals surface area contributed by atoms with Gasteiger partial charge in [-0.05, 0) is 18.9 Å². The highest BCUT2D eigenvalue weighted by atomic mass is 16.2. The van der Waals surface area contributed by atoms with Gasteiger partial charge in [0.2, 0.25) is 11.9 Å². The molecule has 0 aromatic carbocycles. The highest BCUT2D eigenvalue weighted by molar-refractivity contribution is 5.73. The van der Waals surface area contributed by atoms with Gasteiger partial charge in [0.15, 0.2) is 0 Å². The van der Waals surface area contributed by atoms with Gasteiger partial charge in [0, 0.05) is 45.3 Å².